The molecule has 0 bridgehead atoms. The highest BCUT2D eigenvalue weighted by Gasteiger charge is 2.05. The lowest BCUT2D eigenvalue weighted by Crippen LogP contribution is -1.96. The molecule has 1 aromatic carbocycles. The predicted molar refractivity (Wildman–Crippen MR) is 70.4 cm³/mol. The Kier molecular flexibility index (Phi) is 3.78. The van der Waals surface area contributed by atoms with E-state index in [2.05, 4.69) is 33.0 Å². The first kappa shape index (κ1) is 11.4. The van der Waals surface area contributed by atoms with Crippen LogP contribution in [0.3, 0.4) is 0 Å². The molecule has 16 heavy (non-hydrogen) atoms. The second-order valence-electron chi connectivity index (χ2n) is 3.64. The molecule has 2 rings (SSSR count). The van der Waals surface area contributed by atoms with Crippen LogP contribution in [-0.2, 0) is 6.42 Å². The standard InChI is InChI=1S/C13H14BrNO/c1-16-13-12-7-3-2-5-10(12)9-11(15-13)6-4-8-14/h2-3,5,7,9H,4,6,8H2,1H3. The number of methoxy groups -OCH3 is 1. The first-order valence-corrected chi connectivity index (χ1v) is 6.46. The molecule has 2 aromatic rings. The molecule has 3 heteroatoms. The van der Waals surface area contributed by atoms with Crippen LogP contribution in [-0.4, -0.2) is 17.4 Å². The van der Waals surface area contributed by atoms with Crippen molar-refractivity contribution in [3.63, 3.8) is 0 Å². The molecule has 0 N–H and O–H groups in total. The van der Waals surface area contributed by atoms with Crippen molar-refractivity contribution in [3.8, 4) is 5.88 Å². The average Bonchev–Trinajstić information content (AvgIpc) is 2.35. The molecule has 0 amide bonds. The maximum absolute atomic E-state index is 5.33. The van der Waals surface area contributed by atoms with Crippen LogP contribution < -0.4 is 4.74 Å². The summed E-state index contributed by atoms with van der Waals surface area (Å²) >= 11 is 3.43. The van der Waals surface area contributed by atoms with Gasteiger partial charge in [0.25, 0.3) is 0 Å². The number of fused-ring (bicyclic) bond motifs is 1. The molecule has 2 nitrogen and oxygen atoms in total. The van der Waals surface area contributed by atoms with Gasteiger partial charge in [-0.25, -0.2) is 4.98 Å². The Morgan fingerprint density at radius 1 is 1.31 bits per heavy atom. The quantitative estimate of drug-likeness (QED) is 0.799. The van der Waals surface area contributed by atoms with E-state index in [1.165, 1.54) is 5.39 Å². The first-order chi connectivity index (χ1) is 7.85. The molecule has 0 saturated carbocycles. The lowest BCUT2D eigenvalue weighted by atomic mass is 10.1. The highest BCUT2D eigenvalue weighted by molar-refractivity contribution is 9.09. The summed E-state index contributed by atoms with van der Waals surface area (Å²) in [6, 6.07) is 10.3. The SMILES string of the molecule is COc1nc(CCCBr)cc2ccccc12. The topological polar surface area (TPSA) is 22.1 Å². The van der Waals surface area contributed by atoms with E-state index >= 15 is 0 Å². The van der Waals surface area contributed by atoms with Crippen molar-refractivity contribution in [2.75, 3.05) is 12.4 Å². The zero-order valence-electron chi connectivity index (χ0n) is 9.24. The lowest BCUT2D eigenvalue weighted by Gasteiger charge is -2.07. The fourth-order valence-corrected chi connectivity index (χ4v) is 2.03. The van der Waals surface area contributed by atoms with E-state index in [0.29, 0.717) is 0 Å². The van der Waals surface area contributed by atoms with Gasteiger partial charge in [-0.05, 0) is 30.4 Å². The molecular weight excluding hydrogens is 266 g/mol. The number of nitrogens with zero attached hydrogens (tertiary/aromatic N) is 1. The molecule has 84 valence electrons. The van der Waals surface area contributed by atoms with Crippen molar-refractivity contribution < 1.29 is 4.74 Å². The van der Waals surface area contributed by atoms with Crippen molar-refractivity contribution in [3.05, 3.63) is 36.0 Å². The predicted octanol–water partition coefficient (Wildman–Crippen LogP) is 3.57. The molecule has 0 spiro atoms. The third-order valence-electron chi connectivity index (χ3n) is 2.52. The van der Waals surface area contributed by atoms with Crippen LogP contribution in [0.15, 0.2) is 30.3 Å². The number of alkyl halides is 1. The van der Waals surface area contributed by atoms with Gasteiger partial charge in [-0.15, -0.1) is 0 Å². The van der Waals surface area contributed by atoms with Crippen molar-refractivity contribution in [2.45, 2.75) is 12.8 Å². The van der Waals surface area contributed by atoms with Gasteiger partial charge in [0, 0.05) is 16.4 Å². The second kappa shape index (κ2) is 5.30. The molecule has 0 aliphatic heterocycles. The van der Waals surface area contributed by atoms with Gasteiger partial charge in [-0.2, -0.15) is 0 Å². The van der Waals surface area contributed by atoms with Crippen LogP contribution in [0.25, 0.3) is 10.8 Å². The molecule has 0 fully saturated rings. The number of halogens is 1. The van der Waals surface area contributed by atoms with Gasteiger partial charge in [0.05, 0.1) is 7.11 Å². The number of pyridine rings is 1. The Morgan fingerprint density at radius 2 is 2.12 bits per heavy atom. The van der Waals surface area contributed by atoms with Gasteiger partial charge in [0.2, 0.25) is 5.88 Å². The molecule has 0 aliphatic rings. The Labute approximate surface area is 104 Å². The minimum absolute atomic E-state index is 0.725. The largest absolute Gasteiger partial charge is 0.481 e. The highest BCUT2D eigenvalue weighted by Crippen LogP contribution is 2.24. The van der Waals surface area contributed by atoms with E-state index < -0.39 is 0 Å². The maximum Gasteiger partial charge on any atom is 0.221 e. The van der Waals surface area contributed by atoms with Crippen LogP contribution >= 0.6 is 15.9 Å². The lowest BCUT2D eigenvalue weighted by molar-refractivity contribution is 0.402. The van der Waals surface area contributed by atoms with Gasteiger partial charge >= 0.3 is 0 Å². The number of hydrogen-bond acceptors (Lipinski definition) is 2. The van der Waals surface area contributed by atoms with E-state index in [4.69, 9.17) is 4.74 Å². The van der Waals surface area contributed by atoms with Gasteiger partial charge in [0.1, 0.15) is 0 Å². The number of benzene rings is 1. The summed E-state index contributed by atoms with van der Waals surface area (Å²) in [6.45, 7) is 0. The Morgan fingerprint density at radius 3 is 2.88 bits per heavy atom. The van der Waals surface area contributed by atoms with Crippen LogP contribution in [0.5, 0.6) is 5.88 Å². The first-order valence-electron chi connectivity index (χ1n) is 5.34. The van der Waals surface area contributed by atoms with Gasteiger partial charge < -0.3 is 4.74 Å². The smallest absolute Gasteiger partial charge is 0.221 e. The van der Waals surface area contributed by atoms with Gasteiger partial charge in [0.15, 0.2) is 0 Å². The summed E-state index contributed by atoms with van der Waals surface area (Å²) in [6.07, 6.45) is 2.07. The zero-order valence-corrected chi connectivity index (χ0v) is 10.8. The van der Waals surface area contributed by atoms with E-state index in [1.54, 1.807) is 7.11 Å². The highest BCUT2D eigenvalue weighted by atomic mass is 79.9. The second-order valence-corrected chi connectivity index (χ2v) is 4.43. The van der Waals surface area contributed by atoms with E-state index in [1.807, 2.05) is 18.2 Å². The van der Waals surface area contributed by atoms with Crippen molar-refractivity contribution in [2.24, 2.45) is 0 Å². The van der Waals surface area contributed by atoms with Gasteiger partial charge in [-0.1, -0.05) is 34.1 Å². The molecular formula is C13H14BrNO. The number of hydrogen-bond donors (Lipinski definition) is 0. The van der Waals surface area contributed by atoms with E-state index in [9.17, 15) is 0 Å². The molecule has 1 heterocycles. The number of aromatic nitrogens is 1. The molecule has 0 atom stereocenters. The fourth-order valence-electron chi connectivity index (χ4n) is 1.75. The van der Waals surface area contributed by atoms with Crippen LogP contribution in [0.2, 0.25) is 0 Å². The Balaban J connectivity index is 2.46. The molecule has 1 aromatic heterocycles. The average molecular weight is 280 g/mol. The van der Waals surface area contributed by atoms with E-state index in [-0.39, 0.29) is 0 Å². The summed E-state index contributed by atoms with van der Waals surface area (Å²) in [7, 11) is 1.67. The summed E-state index contributed by atoms with van der Waals surface area (Å²) in [4.78, 5) is 4.51. The Bertz CT molecular complexity index is 484. The third kappa shape index (κ3) is 2.35. The normalized spacial score (nSPS) is 10.6. The Hall–Kier alpha value is -1.09. The molecule has 0 saturated heterocycles. The third-order valence-corrected chi connectivity index (χ3v) is 3.08. The minimum atomic E-state index is 0.725. The van der Waals surface area contributed by atoms with Crippen LogP contribution in [0.4, 0.5) is 0 Å². The summed E-state index contributed by atoms with van der Waals surface area (Å²) < 4.78 is 5.33. The molecule has 0 unspecified atom stereocenters. The van der Waals surface area contributed by atoms with Gasteiger partial charge in [-0.3, -0.25) is 0 Å². The molecule has 0 aliphatic carbocycles. The van der Waals surface area contributed by atoms with Crippen molar-refractivity contribution in [1.29, 1.82) is 0 Å². The molecule has 0 radical (unpaired) electrons. The van der Waals surface area contributed by atoms with Crippen molar-refractivity contribution >= 4 is 26.7 Å². The number of rotatable bonds is 4. The summed E-state index contributed by atoms with van der Waals surface area (Å²) in [5.41, 5.74) is 1.09. The van der Waals surface area contributed by atoms with Crippen LogP contribution in [0.1, 0.15) is 12.1 Å². The van der Waals surface area contributed by atoms with Crippen molar-refractivity contribution in [1.82, 2.24) is 4.98 Å². The summed E-state index contributed by atoms with van der Waals surface area (Å²) in [5, 5.41) is 3.27. The monoisotopic (exact) mass is 279 g/mol. The fraction of sp³-hybridized carbons (Fsp3) is 0.308. The maximum atomic E-state index is 5.33. The minimum Gasteiger partial charge on any atom is -0.481 e. The van der Waals surface area contributed by atoms with E-state index in [0.717, 1.165) is 35.1 Å². The number of aryl methyl sites for hydroxylation is 1. The van der Waals surface area contributed by atoms with Crippen LogP contribution in [0, 0.1) is 0 Å². The number of ether oxygens (including phenoxy) is 1. The summed E-state index contributed by atoms with van der Waals surface area (Å²) in [5.74, 6) is 0.725. The zero-order chi connectivity index (χ0) is 11.4.